The van der Waals surface area contributed by atoms with Crippen LogP contribution in [-0.4, -0.2) is 23.5 Å². The number of rotatable bonds is 5. The normalized spacial score (nSPS) is 16.2. The third-order valence-electron chi connectivity index (χ3n) is 6.00. The number of fused-ring (bicyclic) bond motifs is 3. The number of ether oxygens (including phenoxy) is 1. The lowest BCUT2D eigenvalue weighted by Crippen LogP contribution is -2.32. The lowest BCUT2D eigenvalue weighted by Gasteiger charge is -2.35. The molecule has 0 amide bonds. The summed E-state index contributed by atoms with van der Waals surface area (Å²) in [5, 5.41) is 1.36. The molecule has 1 N–H and O–H groups in total. The molecule has 1 unspecified atom stereocenters. The number of benzene rings is 3. The van der Waals surface area contributed by atoms with Crippen LogP contribution in [-0.2, 0) is 12.8 Å². The summed E-state index contributed by atoms with van der Waals surface area (Å²) in [6.45, 7) is 1.01. The fourth-order valence-corrected chi connectivity index (χ4v) is 4.50. The van der Waals surface area contributed by atoms with Crippen LogP contribution in [0.5, 0.6) is 5.75 Å². The van der Waals surface area contributed by atoms with E-state index in [9.17, 15) is 0 Å². The van der Waals surface area contributed by atoms with Gasteiger partial charge in [-0.25, -0.2) is 0 Å². The second-order valence-electron chi connectivity index (χ2n) is 7.80. The fraction of sp³-hybridized carbons (Fsp3) is 0.185. The lowest BCUT2D eigenvalue weighted by molar-refractivity contribution is 0.297. The number of para-hydroxylation sites is 1. The Balaban J connectivity index is 1.46. The first-order valence-corrected chi connectivity index (χ1v) is 10.5. The molecule has 150 valence electrons. The molecule has 1 aliphatic rings. The fourth-order valence-electron chi connectivity index (χ4n) is 4.50. The van der Waals surface area contributed by atoms with Gasteiger partial charge >= 0.3 is 0 Å². The summed E-state index contributed by atoms with van der Waals surface area (Å²) in [5.41, 5.74) is 6.61. The average molecular weight is 395 g/mol. The van der Waals surface area contributed by atoms with E-state index in [0.29, 0.717) is 0 Å². The molecule has 0 fully saturated rings. The zero-order valence-corrected chi connectivity index (χ0v) is 17.2. The number of hydrogen-bond donors (Lipinski definition) is 1. The van der Waals surface area contributed by atoms with E-state index in [4.69, 9.17) is 4.74 Å². The van der Waals surface area contributed by atoms with Gasteiger partial charge < -0.3 is 14.6 Å². The van der Waals surface area contributed by atoms with Gasteiger partial charge in [0.1, 0.15) is 5.75 Å². The van der Waals surface area contributed by atoms with Crippen molar-refractivity contribution in [3.05, 3.63) is 114 Å². The van der Waals surface area contributed by atoms with Crippen molar-refractivity contribution >= 4 is 10.9 Å². The van der Waals surface area contributed by atoms with Crippen molar-refractivity contribution in [2.24, 2.45) is 0 Å². The molecule has 1 aromatic heterocycles. The summed E-state index contributed by atoms with van der Waals surface area (Å²) >= 11 is 0. The van der Waals surface area contributed by atoms with E-state index in [1.54, 1.807) is 7.11 Å². The van der Waals surface area contributed by atoms with Crippen LogP contribution in [0.25, 0.3) is 10.9 Å². The first kappa shape index (κ1) is 18.6. The van der Waals surface area contributed by atoms with Crippen LogP contribution >= 0.6 is 0 Å². The summed E-state index contributed by atoms with van der Waals surface area (Å²) in [7, 11) is 1.70. The predicted molar refractivity (Wildman–Crippen MR) is 123 cm³/mol. The smallest absolute Gasteiger partial charge is 0.118 e. The average Bonchev–Trinajstić information content (AvgIpc) is 3.18. The Morgan fingerprint density at radius 3 is 2.53 bits per heavy atom. The number of methoxy groups -OCH3 is 1. The maximum absolute atomic E-state index is 5.26. The van der Waals surface area contributed by atoms with Crippen LogP contribution in [0.2, 0.25) is 0 Å². The van der Waals surface area contributed by atoms with Gasteiger partial charge in [0.25, 0.3) is 0 Å². The van der Waals surface area contributed by atoms with E-state index >= 15 is 0 Å². The molecule has 4 aromatic rings. The van der Waals surface area contributed by atoms with E-state index in [1.165, 1.54) is 33.3 Å². The van der Waals surface area contributed by atoms with Gasteiger partial charge in [-0.15, -0.1) is 0 Å². The summed E-state index contributed by atoms with van der Waals surface area (Å²) in [6.07, 6.45) is 6.50. The van der Waals surface area contributed by atoms with Gasteiger partial charge in [-0.2, -0.15) is 0 Å². The van der Waals surface area contributed by atoms with Gasteiger partial charge in [-0.3, -0.25) is 0 Å². The number of H-pyrrole nitrogens is 1. The number of nitrogens with one attached hydrogen (secondary N) is 1. The van der Waals surface area contributed by atoms with Crippen molar-refractivity contribution in [1.29, 1.82) is 0 Å². The minimum atomic E-state index is 0.203. The largest absolute Gasteiger partial charge is 0.497 e. The molecular weight excluding hydrogens is 368 g/mol. The Kier molecular flexibility index (Phi) is 5.02. The van der Waals surface area contributed by atoms with Crippen molar-refractivity contribution in [3.8, 4) is 5.75 Å². The van der Waals surface area contributed by atoms with Crippen molar-refractivity contribution in [2.45, 2.75) is 18.9 Å². The number of nitrogens with zero attached hydrogens (tertiary/aromatic N) is 1. The van der Waals surface area contributed by atoms with Crippen LogP contribution in [0.3, 0.4) is 0 Å². The Hall–Kier alpha value is -3.46. The Morgan fingerprint density at radius 2 is 1.73 bits per heavy atom. The maximum Gasteiger partial charge on any atom is 0.118 e. The molecule has 5 rings (SSSR count). The van der Waals surface area contributed by atoms with Gasteiger partial charge in [0.2, 0.25) is 0 Å². The second kappa shape index (κ2) is 8.11. The molecule has 0 spiro atoms. The summed E-state index contributed by atoms with van der Waals surface area (Å²) in [4.78, 5) is 6.19. The molecule has 0 bridgehead atoms. The van der Waals surface area contributed by atoms with Crippen LogP contribution in [0, 0.1) is 0 Å². The highest BCUT2D eigenvalue weighted by Crippen LogP contribution is 2.38. The molecule has 2 heterocycles. The predicted octanol–water partition coefficient (Wildman–Crippen LogP) is 5.88. The monoisotopic (exact) mass is 394 g/mol. The number of aromatic nitrogens is 1. The third kappa shape index (κ3) is 3.48. The molecule has 30 heavy (non-hydrogen) atoms. The maximum atomic E-state index is 5.26. The molecular formula is C27H26N2O. The zero-order valence-electron chi connectivity index (χ0n) is 17.2. The van der Waals surface area contributed by atoms with E-state index in [2.05, 4.69) is 88.9 Å². The van der Waals surface area contributed by atoms with Crippen LogP contribution in [0.1, 0.15) is 28.4 Å². The minimum absolute atomic E-state index is 0.203. The van der Waals surface area contributed by atoms with E-state index < -0.39 is 0 Å². The van der Waals surface area contributed by atoms with Crippen LogP contribution in [0.4, 0.5) is 0 Å². The quantitative estimate of drug-likeness (QED) is 0.458. The van der Waals surface area contributed by atoms with Gasteiger partial charge in [0.05, 0.1) is 13.2 Å². The second-order valence-corrected chi connectivity index (χ2v) is 7.80. The van der Waals surface area contributed by atoms with E-state index in [0.717, 1.165) is 25.1 Å². The molecule has 0 saturated heterocycles. The third-order valence-corrected chi connectivity index (χ3v) is 6.00. The first-order valence-electron chi connectivity index (χ1n) is 10.5. The number of hydrogen-bond acceptors (Lipinski definition) is 2. The Bertz CT molecular complexity index is 1160. The van der Waals surface area contributed by atoms with Gasteiger partial charge in [-0.05, 0) is 53.9 Å². The van der Waals surface area contributed by atoms with Gasteiger partial charge in [0, 0.05) is 23.1 Å². The zero-order chi connectivity index (χ0) is 20.3. The highest BCUT2D eigenvalue weighted by atomic mass is 16.5. The topological polar surface area (TPSA) is 28.3 Å². The Labute approximate surface area is 177 Å². The van der Waals surface area contributed by atoms with Crippen molar-refractivity contribution in [2.75, 3.05) is 13.7 Å². The molecule has 0 saturated carbocycles. The summed E-state index contributed by atoms with van der Waals surface area (Å²) in [6, 6.07) is 28.0. The Morgan fingerprint density at radius 1 is 0.967 bits per heavy atom. The SMILES string of the molecule is COc1ccc(C/C=C/N2CCc3c([nH]c4ccccc34)C2c2ccccc2)cc1. The lowest BCUT2D eigenvalue weighted by atomic mass is 9.92. The summed E-state index contributed by atoms with van der Waals surface area (Å²) in [5.74, 6) is 0.897. The van der Waals surface area contributed by atoms with E-state index in [-0.39, 0.29) is 6.04 Å². The standard InChI is InChI=1S/C27H26N2O/c1-30-22-15-13-20(14-16-22)8-7-18-29-19-17-24-23-11-5-6-12-25(23)28-26(24)27(29)21-9-3-2-4-10-21/h2-7,9-16,18,27-28H,8,17,19H2,1H3/b18-7+. The number of aromatic amines is 1. The van der Waals surface area contributed by atoms with Crippen LogP contribution < -0.4 is 4.74 Å². The van der Waals surface area contributed by atoms with Gasteiger partial charge in [-0.1, -0.05) is 66.7 Å². The van der Waals surface area contributed by atoms with Crippen LogP contribution in [0.15, 0.2) is 91.1 Å². The molecule has 0 aliphatic carbocycles. The van der Waals surface area contributed by atoms with Crippen molar-refractivity contribution < 1.29 is 4.74 Å². The summed E-state index contributed by atoms with van der Waals surface area (Å²) < 4.78 is 5.26. The molecule has 1 atom stereocenters. The highest BCUT2D eigenvalue weighted by Gasteiger charge is 2.29. The molecule has 3 heteroatoms. The van der Waals surface area contributed by atoms with Crippen molar-refractivity contribution in [3.63, 3.8) is 0 Å². The van der Waals surface area contributed by atoms with E-state index in [1.807, 2.05) is 12.1 Å². The molecule has 3 nitrogen and oxygen atoms in total. The van der Waals surface area contributed by atoms with Crippen molar-refractivity contribution in [1.82, 2.24) is 9.88 Å². The number of allylic oxidation sites excluding steroid dienone is 1. The highest BCUT2D eigenvalue weighted by molar-refractivity contribution is 5.85. The molecule has 0 radical (unpaired) electrons. The molecule has 1 aliphatic heterocycles. The van der Waals surface area contributed by atoms with Gasteiger partial charge in [0.15, 0.2) is 0 Å². The first-order chi connectivity index (χ1) is 14.8. The minimum Gasteiger partial charge on any atom is -0.497 e. The molecule has 3 aromatic carbocycles.